The normalized spacial score (nSPS) is 13.5. The number of benzene rings is 7. The highest BCUT2D eigenvalue weighted by Crippen LogP contribution is 2.65. The Morgan fingerprint density at radius 3 is 1.64 bits per heavy atom. The maximum absolute atomic E-state index is 6.51. The van der Waals surface area contributed by atoms with Crippen molar-refractivity contribution in [2.24, 2.45) is 0 Å². The molecule has 2 aliphatic carbocycles. The van der Waals surface area contributed by atoms with Crippen molar-refractivity contribution < 1.29 is 0 Å². The summed E-state index contributed by atoms with van der Waals surface area (Å²) in [6.07, 6.45) is 0. The SMILES string of the molecule is Clc1cccc(-c2ccccc2-c2cc3ccccc3c3c2-c2ccccc2C32c3ccccc3-c3ccccc32)c1. The van der Waals surface area contributed by atoms with Crippen LogP contribution in [0.25, 0.3) is 55.3 Å². The lowest BCUT2D eigenvalue weighted by Gasteiger charge is -2.31. The van der Waals surface area contributed by atoms with E-state index in [-0.39, 0.29) is 0 Å². The van der Waals surface area contributed by atoms with E-state index in [0.717, 1.165) is 10.6 Å². The van der Waals surface area contributed by atoms with Crippen molar-refractivity contribution in [3.8, 4) is 44.5 Å². The fraction of sp³-hybridized carbons (Fsp3) is 0.0244. The fourth-order valence-electron chi connectivity index (χ4n) is 7.81. The average molecular weight is 553 g/mol. The van der Waals surface area contributed by atoms with Gasteiger partial charge in [0.05, 0.1) is 5.41 Å². The van der Waals surface area contributed by atoms with Crippen molar-refractivity contribution in [1.29, 1.82) is 0 Å². The Hall–Kier alpha value is -4.91. The third kappa shape index (κ3) is 3.03. The molecule has 0 amide bonds. The van der Waals surface area contributed by atoms with Crippen LogP contribution in [0.5, 0.6) is 0 Å². The second-order valence-electron chi connectivity index (χ2n) is 11.3. The van der Waals surface area contributed by atoms with Crippen molar-refractivity contribution in [1.82, 2.24) is 0 Å². The molecule has 2 aliphatic rings. The highest BCUT2D eigenvalue weighted by Gasteiger charge is 2.52. The van der Waals surface area contributed by atoms with Crippen LogP contribution in [-0.4, -0.2) is 0 Å². The van der Waals surface area contributed by atoms with Gasteiger partial charge in [0, 0.05) is 5.02 Å². The van der Waals surface area contributed by atoms with Gasteiger partial charge in [0.1, 0.15) is 0 Å². The van der Waals surface area contributed by atoms with Gasteiger partial charge in [0.2, 0.25) is 0 Å². The molecule has 0 N–H and O–H groups in total. The topological polar surface area (TPSA) is 0 Å². The maximum Gasteiger partial charge on any atom is 0.0731 e. The number of fused-ring (bicyclic) bond motifs is 12. The molecule has 42 heavy (non-hydrogen) atoms. The Kier molecular flexibility index (Phi) is 4.97. The van der Waals surface area contributed by atoms with Crippen LogP contribution in [0.1, 0.15) is 22.3 Å². The van der Waals surface area contributed by atoms with E-state index in [1.807, 2.05) is 12.1 Å². The van der Waals surface area contributed by atoms with Crippen molar-refractivity contribution >= 4 is 22.4 Å². The van der Waals surface area contributed by atoms with Crippen LogP contribution in [0, 0.1) is 0 Å². The molecule has 0 atom stereocenters. The van der Waals surface area contributed by atoms with E-state index < -0.39 is 5.41 Å². The van der Waals surface area contributed by atoms with Gasteiger partial charge in [-0.15, -0.1) is 0 Å². The molecule has 0 unspecified atom stereocenters. The Bertz CT molecular complexity index is 2170. The van der Waals surface area contributed by atoms with E-state index in [4.69, 9.17) is 11.6 Å². The lowest BCUT2D eigenvalue weighted by atomic mass is 9.69. The minimum atomic E-state index is -0.403. The molecule has 0 fully saturated rings. The predicted molar refractivity (Wildman–Crippen MR) is 176 cm³/mol. The number of halogens is 1. The summed E-state index contributed by atoms with van der Waals surface area (Å²) in [4.78, 5) is 0. The lowest BCUT2D eigenvalue weighted by molar-refractivity contribution is 0.801. The summed E-state index contributed by atoms with van der Waals surface area (Å²) < 4.78 is 0. The first kappa shape index (κ1) is 23.8. The summed E-state index contributed by atoms with van der Waals surface area (Å²) in [5, 5.41) is 3.30. The van der Waals surface area contributed by atoms with Crippen molar-refractivity contribution in [3.63, 3.8) is 0 Å². The minimum absolute atomic E-state index is 0.403. The lowest BCUT2D eigenvalue weighted by Crippen LogP contribution is -2.26. The molecule has 7 aromatic carbocycles. The van der Waals surface area contributed by atoms with E-state index in [2.05, 4.69) is 140 Å². The van der Waals surface area contributed by atoms with Gasteiger partial charge in [-0.2, -0.15) is 0 Å². The largest absolute Gasteiger partial charge is 0.0843 e. The van der Waals surface area contributed by atoms with Crippen LogP contribution in [-0.2, 0) is 5.41 Å². The zero-order chi connectivity index (χ0) is 27.8. The van der Waals surface area contributed by atoms with Crippen molar-refractivity contribution in [2.45, 2.75) is 5.41 Å². The van der Waals surface area contributed by atoms with E-state index in [1.54, 1.807) is 0 Å². The van der Waals surface area contributed by atoms with E-state index in [0.29, 0.717) is 0 Å². The Morgan fingerprint density at radius 1 is 0.405 bits per heavy atom. The molecule has 0 heterocycles. The fourth-order valence-corrected chi connectivity index (χ4v) is 8.00. The van der Waals surface area contributed by atoms with Crippen LogP contribution in [0.2, 0.25) is 5.02 Å². The zero-order valence-corrected chi connectivity index (χ0v) is 23.6. The Labute approximate surface area is 250 Å². The first-order chi connectivity index (χ1) is 20.8. The van der Waals surface area contributed by atoms with Gasteiger partial charge < -0.3 is 0 Å². The highest BCUT2D eigenvalue weighted by atomic mass is 35.5. The average Bonchev–Trinajstić information content (AvgIpc) is 3.52. The third-order valence-electron chi connectivity index (χ3n) is 9.33. The molecule has 0 nitrogen and oxygen atoms in total. The summed E-state index contributed by atoms with van der Waals surface area (Å²) in [6.45, 7) is 0. The van der Waals surface area contributed by atoms with Crippen LogP contribution in [0.15, 0.2) is 152 Å². The molecule has 9 rings (SSSR count). The van der Waals surface area contributed by atoms with Crippen LogP contribution >= 0.6 is 11.6 Å². The first-order valence-corrected chi connectivity index (χ1v) is 14.9. The molecule has 196 valence electrons. The van der Waals surface area contributed by atoms with E-state index in [1.165, 1.54) is 72.0 Å². The summed E-state index contributed by atoms with van der Waals surface area (Å²) in [5.41, 5.74) is 15.1. The monoisotopic (exact) mass is 552 g/mol. The molecular weight excluding hydrogens is 528 g/mol. The maximum atomic E-state index is 6.51. The van der Waals surface area contributed by atoms with Crippen LogP contribution in [0.4, 0.5) is 0 Å². The molecule has 0 bridgehead atoms. The molecule has 0 aromatic heterocycles. The van der Waals surface area contributed by atoms with Crippen molar-refractivity contribution in [3.05, 3.63) is 179 Å². The molecule has 7 aromatic rings. The molecule has 0 aliphatic heterocycles. The molecule has 0 radical (unpaired) electrons. The van der Waals surface area contributed by atoms with Gasteiger partial charge in [-0.1, -0.05) is 145 Å². The van der Waals surface area contributed by atoms with Crippen molar-refractivity contribution in [2.75, 3.05) is 0 Å². The van der Waals surface area contributed by atoms with Gasteiger partial charge in [0.15, 0.2) is 0 Å². The van der Waals surface area contributed by atoms with Gasteiger partial charge in [-0.3, -0.25) is 0 Å². The van der Waals surface area contributed by atoms with Gasteiger partial charge >= 0.3 is 0 Å². The van der Waals surface area contributed by atoms with Gasteiger partial charge in [-0.05, 0) is 95.7 Å². The quantitative estimate of drug-likeness (QED) is 0.200. The highest BCUT2D eigenvalue weighted by molar-refractivity contribution is 6.30. The zero-order valence-electron chi connectivity index (χ0n) is 22.8. The van der Waals surface area contributed by atoms with Gasteiger partial charge in [0.25, 0.3) is 0 Å². The van der Waals surface area contributed by atoms with E-state index >= 15 is 0 Å². The Morgan fingerprint density at radius 2 is 0.952 bits per heavy atom. The smallest absolute Gasteiger partial charge is 0.0731 e. The number of hydrogen-bond acceptors (Lipinski definition) is 0. The summed E-state index contributed by atoms with van der Waals surface area (Å²) in [7, 11) is 0. The summed E-state index contributed by atoms with van der Waals surface area (Å²) in [6, 6.07) is 55.4. The molecule has 1 spiro atoms. The second-order valence-corrected chi connectivity index (χ2v) is 11.8. The van der Waals surface area contributed by atoms with E-state index in [9.17, 15) is 0 Å². The molecule has 0 saturated carbocycles. The number of rotatable bonds is 2. The minimum Gasteiger partial charge on any atom is -0.0843 e. The summed E-state index contributed by atoms with van der Waals surface area (Å²) in [5.74, 6) is 0. The number of hydrogen-bond donors (Lipinski definition) is 0. The standard InChI is InChI=1S/C41H25Cl/c42-28-14-11-13-26(24-28)29-15-3-4-17-31(29)35-25-27-12-1-2-16-30(27)40-39(35)34-20-7-10-23-38(34)41(40)36-21-8-5-18-32(36)33-19-6-9-22-37(33)41/h1-25H. The first-order valence-electron chi connectivity index (χ1n) is 14.5. The molecule has 1 heteroatoms. The molecule has 0 saturated heterocycles. The van der Waals surface area contributed by atoms with Gasteiger partial charge in [-0.25, -0.2) is 0 Å². The summed E-state index contributed by atoms with van der Waals surface area (Å²) >= 11 is 6.51. The Balaban J connectivity index is 1.49. The third-order valence-corrected chi connectivity index (χ3v) is 9.56. The van der Waals surface area contributed by atoms with Crippen LogP contribution in [0.3, 0.4) is 0 Å². The second kappa shape index (κ2) is 8.79. The van der Waals surface area contributed by atoms with Crippen LogP contribution < -0.4 is 0 Å². The predicted octanol–water partition coefficient (Wildman–Crippen LogP) is 11.2. The molecular formula is C41H25Cl.